The molecule has 0 aromatic heterocycles. The number of rotatable bonds is 6. The Bertz CT molecular complexity index is 405. The van der Waals surface area contributed by atoms with Crippen molar-refractivity contribution < 1.29 is 9.53 Å². The van der Waals surface area contributed by atoms with Crippen LogP contribution in [0.3, 0.4) is 0 Å². The third kappa shape index (κ3) is 3.95. The molecule has 1 aromatic carbocycles. The van der Waals surface area contributed by atoms with E-state index < -0.39 is 5.60 Å². The number of ether oxygens (including phenoxy) is 1. The first kappa shape index (κ1) is 14.9. The van der Waals surface area contributed by atoms with E-state index in [0.29, 0.717) is 12.5 Å². The van der Waals surface area contributed by atoms with Gasteiger partial charge in [-0.05, 0) is 44.7 Å². The Balaban J connectivity index is 2.92. The Kier molecular flexibility index (Phi) is 5.09. The number of Topliss-reactive ketones (excluding diaryl/α,β-unsaturated/α-hetero) is 1. The van der Waals surface area contributed by atoms with Crippen LogP contribution in [0.15, 0.2) is 24.3 Å². The number of carbonyl (C=O) groups is 1. The van der Waals surface area contributed by atoms with Crippen LogP contribution in [0.5, 0.6) is 0 Å². The first-order chi connectivity index (χ1) is 8.36. The highest BCUT2D eigenvalue weighted by Crippen LogP contribution is 2.19. The number of carbonyl (C=O) groups excluding carboxylic acids is 1. The van der Waals surface area contributed by atoms with Crippen molar-refractivity contribution in [3.63, 3.8) is 0 Å². The van der Waals surface area contributed by atoms with E-state index in [2.05, 4.69) is 19.9 Å². The van der Waals surface area contributed by atoms with E-state index >= 15 is 0 Å². The molecule has 0 unspecified atom stereocenters. The molecule has 0 saturated heterocycles. The maximum Gasteiger partial charge on any atom is 0.194 e. The maximum absolute atomic E-state index is 12.4. The molecule has 0 bridgehead atoms. The van der Waals surface area contributed by atoms with Crippen LogP contribution in [0.2, 0.25) is 0 Å². The van der Waals surface area contributed by atoms with Crippen molar-refractivity contribution in [3.8, 4) is 0 Å². The molecule has 1 aromatic rings. The van der Waals surface area contributed by atoms with Gasteiger partial charge < -0.3 is 4.74 Å². The van der Waals surface area contributed by atoms with Crippen molar-refractivity contribution in [1.82, 2.24) is 0 Å². The summed E-state index contributed by atoms with van der Waals surface area (Å²) in [5, 5.41) is 0. The second kappa shape index (κ2) is 6.14. The van der Waals surface area contributed by atoms with Crippen LogP contribution in [0.25, 0.3) is 0 Å². The Morgan fingerprint density at radius 1 is 1.33 bits per heavy atom. The van der Waals surface area contributed by atoms with Crippen molar-refractivity contribution in [1.29, 1.82) is 0 Å². The highest BCUT2D eigenvalue weighted by atomic mass is 16.5. The maximum atomic E-state index is 12.4. The van der Waals surface area contributed by atoms with Gasteiger partial charge in [0.2, 0.25) is 0 Å². The quantitative estimate of drug-likeness (QED) is 0.714. The van der Waals surface area contributed by atoms with Gasteiger partial charge in [-0.25, -0.2) is 0 Å². The average Bonchev–Trinajstić information content (AvgIpc) is 2.27. The van der Waals surface area contributed by atoms with Crippen LogP contribution in [-0.4, -0.2) is 18.0 Å². The lowest BCUT2D eigenvalue weighted by Gasteiger charge is -2.23. The summed E-state index contributed by atoms with van der Waals surface area (Å²) in [4.78, 5) is 12.4. The van der Waals surface area contributed by atoms with Crippen LogP contribution in [0, 0.1) is 5.92 Å². The summed E-state index contributed by atoms with van der Waals surface area (Å²) in [5.41, 5.74) is 1.21. The van der Waals surface area contributed by atoms with Crippen LogP contribution < -0.4 is 0 Å². The van der Waals surface area contributed by atoms with E-state index in [0.717, 1.165) is 12.0 Å². The molecular weight excluding hydrogens is 224 g/mol. The van der Waals surface area contributed by atoms with Gasteiger partial charge >= 0.3 is 0 Å². The normalized spacial score (nSPS) is 11.9. The van der Waals surface area contributed by atoms with Crippen LogP contribution in [0.4, 0.5) is 0 Å². The first-order valence-corrected chi connectivity index (χ1v) is 6.64. The smallest absolute Gasteiger partial charge is 0.194 e. The lowest BCUT2D eigenvalue weighted by molar-refractivity contribution is 0.00125. The fraction of sp³-hybridized carbons (Fsp3) is 0.562. The number of hydrogen-bond acceptors (Lipinski definition) is 2. The summed E-state index contributed by atoms with van der Waals surface area (Å²) in [5.74, 6) is 0.644. The molecule has 100 valence electrons. The minimum absolute atomic E-state index is 0.0509. The molecule has 1 rings (SSSR count). The zero-order valence-corrected chi connectivity index (χ0v) is 12.1. The van der Waals surface area contributed by atoms with E-state index in [1.54, 1.807) is 0 Å². The summed E-state index contributed by atoms with van der Waals surface area (Å²) < 4.78 is 5.52. The van der Waals surface area contributed by atoms with Gasteiger partial charge in [0, 0.05) is 12.2 Å². The Hall–Kier alpha value is -1.15. The van der Waals surface area contributed by atoms with Gasteiger partial charge in [-0.2, -0.15) is 0 Å². The predicted molar refractivity (Wildman–Crippen MR) is 75.0 cm³/mol. The van der Waals surface area contributed by atoms with Gasteiger partial charge in [0.25, 0.3) is 0 Å². The molecule has 0 amide bonds. The lowest BCUT2D eigenvalue weighted by Crippen LogP contribution is -2.35. The Labute approximate surface area is 110 Å². The zero-order valence-electron chi connectivity index (χ0n) is 12.1. The second-order valence-corrected chi connectivity index (χ2v) is 5.57. The number of ketones is 1. The van der Waals surface area contributed by atoms with Crippen molar-refractivity contribution in [3.05, 3.63) is 35.4 Å². The van der Waals surface area contributed by atoms with E-state index in [4.69, 9.17) is 4.74 Å². The van der Waals surface area contributed by atoms with Gasteiger partial charge in [-0.3, -0.25) is 4.79 Å². The van der Waals surface area contributed by atoms with Crippen LogP contribution in [0.1, 0.15) is 50.5 Å². The first-order valence-electron chi connectivity index (χ1n) is 6.64. The van der Waals surface area contributed by atoms with Gasteiger partial charge in [-0.1, -0.05) is 32.0 Å². The average molecular weight is 248 g/mol. The number of hydrogen-bond donors (Lipinski definition) is 0. The molecule has 0 aliphatic heterocycles. The van der Waals surface area contributed by atoms with E-state index in [1.165, 1.54) is 5.56 Å². The number of benzene rings is 1. The summed E-state index contributed by atoms with van der Waals surface area (Å²) in [6.45, 7) is 10.5. The highest BCUT2D eigenvalue weighted by molar-refractivity contribution is 6.02. The van der Waals surface area contributed by atoms with Crippen LogP contribution in [-0.2, 0) is 11.2 Å². The lowest BCUT2D eigenvalue weighted by atomic mass is 9.93. The largest absolute Gasteiger partial charge is 0.368 e. The molecule has 2 heteroatoms. The molecule has 18 heavy (non-hydrogen) atoms. The molecule has 0 aliphatic carbocycles. The standard InChI is InChI=1S/C16H24O2/c1-6-18-16(4,5)15(17)14-9-7-8-13(11-14)10-12(2)3/h7-9,11-12H,6,10H2,1-5H3. The minimum atomic E-state index is -0.745. The Morgan fingerprint density at radius 2 is 2.00 bits per heavy atom. The molecule has 0 spiro atoms. The molecule has 0 heterocycles. The monoisotopic (exact) mass is 248 g/mol. The molecule has 0 fully saturated rings. The Morgan fingerprint density at radius 3 is 2.56 bits per heavy atom. The van der Waals surface area contributed by atoms with Crippen molar-refractivity contribution in [2.75, 3.05) is 6.61 Å². The van der Waals surface area contributed by atoms with Crippen molar-refractivity contribution >= 4 is 5.78 Å². The van der Waals surface area contributed by atoms with E-state index in [1.807, 2.05) is 39.0 Å². The van der Waals surface area contributed by atoms with Gasteiger partial charge in [0.15, 0.2) is 5.78 Å². The minimum Gasteiger partial charge on any atom is -0.368 e. The molecule has 0 aliphatic rings. The summed E-state index contributed by atoms with van der Waals surface area (Å²) in [6, 6.07) is 7.88. The molecule has 0 saturated carbocycles. The predicted octanol–water partition coefficient (Wildman–Crippen LogP) is 3.88. The zero-order chi connectivity index (χ0) is 13.8. The fourth-order valence-corrected chi connectivity index (χ4v) is 2.08. The second-order valence-electron chi connectivity index (χ2n) is 5.57. The van der Waals surface area contributed by atoms with Crippen molar-refractivity contribution in [2.45, 2.75) is 46.6 Å². The molecular formula is C16H24O2. The molecule has 0 N–H and O–H groups in total. The van der Waals surface area contributed by atoms with E-state index in [-0.39, 0.29) is 5.78 Å². The summed E-state index contributed by atoms with van der Waals surface area (Å²) in [7, 11) is 0. The van der Waals surface area contributed by atoms with Gasteiger partial charge in [0.1, 0.15) is 5.60 Å². The summed E-state index contributed by atoms with van der Waals surface area (Å²) >= 11 is 0. The molecule has 0 atom stereocenters. The van der Waals surface area contributed by atoms with E-state index in [9.17, 15) is 4.79 Å². The third-order valence-corrected chi connectivity index (χ3v) is 2.89. The fourth-order valence-electron chi connectivity index (χ4n) is 2.08. The SMILES string of the molecule is CCOC(C)(C)C(=O)c1cccc(CC(C)C)c1. The van der Waals surface area contributed by atoms with Gasteiger partial charge in [-0.15, -0.1) is 0 Å². The van der Waals surface area contributed by atoms with Crippen molar-refractivity contribution in [2.24, 2.45) is 5.92 Å². The highest BCUT2D eigenvalue weighted by Gasteiger charge is 2.28. The molecule has 0 radical (unpaired) electrons. The topological polar surface area (TPSA) is 26.3 Å². The van der Waals surface area contributed by atoms with Crippen LogP contribution >= 0.6 is 0 Å². The van der Waals surface area contributed by atoms with Gasteiger partial charge in [0.05, 0.1) is 0 Å². The third-order valence-electron chi connectivity index (χ3n) is 2.89. The molecule has 2 nitrogen and oxygen atoms in total. The summed E-state index contributed by atoms with van der Waals surface area (Å²) in [6.07, 6.45) is 0.996.